The predicted molar refractivity (Wildman–Crippen MR) is 73.6 cm³/mol. The molecule has 19 heavy (non-hydrogen) atoms. The summed E-state index contributed by atoms with van der Waals surface area (Å²) in [5.41, 5.74) is 0. The molecule has 0 bridgehead atoms. The van der Waals surface area contributed by atoms with Crippen LogP contribution >= 0.6 is 11.8 Å². The summed E-state index contributed by atoms with van der Waals surface area (Å²) in [7, 11) is 7.45. The van der Waals surface area contributed by atoms with E-state index >= 15 is 0 Å². The van der Waals surface area contributed by atoms with Gasteiger partial charge in [0.2, 0.25) is 17.1 Å². The fourth-order valence-electron chi connectivity index (χ4n) is 1.26. The van der Waals surface area contributed by atoms with Crippen molar-refractivity contribution in [3.05, 3.63) is 5.82 Å². The highest BCUT2D eigenvalue weighted by Crippen LogP contribution is 2.24. The molecule has 0 radical (unpaired) electrons. The SMILES string of the molecule is CNc1nc(Sc2nnc(C)n2C)nc(N(C)C)n1. The Morgan fingerprint density at radius 2 is 1.89 bits per heavy atom. The molecule has 0 spiro atoms. The lowest BCUT2D eigenvalue weighted by Crippen LogP contribution is -2.15. The second kappa shape index (κ2) is 5.39. The highest BCUT2D eigenvalue weighted by atomic mass is 32.2. The third-order valence-corrected chi connectivity index (χ3v) is 3.37. The normalized spacial score (nSPS) is 10.6. The standard InChI is InChI=1S/C10H16N8S/c1-6-15-16-10(18(6)5)19-9-13-7(11-2)12-8(14-9)17(3)4/h1-5H3,(H,11,12,13,14). The van der Waals surface area contributed by atoms with Gasteiger partial charge in [-0.25, -0.2) is 0 Å². The lowest BCUT2D eigenvalue weighted by atomic mass is 10.7. The minimum absolute atomic E-state index is 0.528. The van der Waals surface area contributed by atoms with E-state index in [9.17, 15) is 0 Å². The first-order valence-corrected chi connectivity index (χ1v) is 6.48. The Morgan fingerprint density at radius 3 is 2.42 bits per heavy atom. The zero-order valence-corrected chi connectivity index (χ0v) is 12.4. The molecule has 0 unspecified atom stereocenters. The number of hydrogen-bond donors (Lipinski definition) is 1. The molecule has 0 aliphatic rings. The van der Waals surface area contributed by atoms with Gasteiger partial charge in [-0.15, -0.1) is 10.2 Å². The van der Waals surface area contributed by atoms with Gasteiger partial charge in [0.15, 0.2) is 5.16 Å². The van der Waals surface area contributed by atoms with Crippen LogP contribution < -0.4 is 10.2 Å². The van der Waals surface area contributed by atoms with E-state index < -0.39 is 0 Å². The minimum atomic E-state index is 0.528. The fourth-order valence-corrected chi connectivity index (χ4v) is 2.03. The van der Waals surface area contributed by atoms with Crippen LogP contribution in [0.4, 0.5) is 11.9 Å². The number of nitrogens with zero attached hydrogens (tertiary/aromatic N) is 7. The molecule has 0 saturated heterocycles. The van der Waals surface area contributed by atoms with Gasteiger partial charge in [0.25, 0.3) is 0 Å². The van der Waals surface area contributed by atoms with Crippen molar-refractivity contribution in [2.24, 2.45) is 7.05 Å². The molecular formula is C10H16N8S. The quantitative estimate of drug-likeness (QED) is 0.870. The molecule has 102 valence electrons. The van der Waals surface area contributed by atoms with Crippen molar-refractivity contribution in [2.75, 3.05) is 31.4 Å². The van der Waals surface area contributed by atoms with Gasteiger partial charge >= 0.3 is 0 Å². The van der Waals surface area contributed by atoms with Crippen molar-refractivity contribution >= 4 is 23.7 Å². The number of anilines is 2. The first-order chi connectivity index (χ1) is 9.01. The molecule has 1 N–H and O–H groups in total. The summed E-state index contributed by atoms with van der Waals surface area (Å²) in [5, 5.41) is 12.3. The van der Waals surface area contributed by atoms with E-state index in [2.05, 4.69) is 30.5 Å². The topological polar surface area (TPSA) is 84.7 Å². The van der Waals surface area contributed by atoms with Crippen molar-refractivity contribution in [1.82, 2.24) is 29.7 Å². The van der Waals surface area contributed by atoms with E-state index in [4.69, 9.17) is 0 Å². The van der Waals surface area contributed by atoms with Gasteiger partial charge in [-0.05, 0) is 18.7 Å². The molecule has 9 heteroatoms. The largest absolute Gasteiger partial charge is 0.357 e. The van der Waals surface area contributed by atoms with Crippen molar-refractivity contribution in [3.63, 3.8) is 0 Å². The second-order valence-corrected chi connectivity index (χ2v) is 5.01. The van der Waals surface area contributed by atoms with Crippen LogP contribution in [0.2, 0.25) is 0 Å². The summed E-state index contributed by atoms with van der Waals surface area (Å²) in [6, 6.07) is 0. The van der Waals surface area contributed by atoms with Gasteiger partial charge in [-0.3, -0.25) is 0 Å². The molecule has 2 aromatic heterocycles. The third-order valence-electron chi connectivity index (χ3n) is 2.46. The molecule has 0 aliphatic carbocycles. The van der Waals surface area contributed by atoms with E-state index in [0.29, 0.717) is 17.1 Å². The van der Waals surface area contributed by atoms with Crippen LogP contribution in [-0.4, -0.2) is 50.9 Å². The maximum absolute atomic E-state index is 4.37. The molecule has 2 aromatic rings. The number of aromatic nitrogens is 6. The van der Waals surface area contributed by atoms with E-state index in [1.54, 1.807) is 7.05 Å². The van der Waals surface area contributed by atoms with E-state index in [0.717, 1.165) is 11.0 Å². The highest BCUT2D eigenvalue weighted by Gasteiger charge is 2.12. The zero-order valence-electron chi connectivity index (χ0n) is 11.5. The van der Waals surface area contributed by atoms with E-state index in [1.165, 1.54) is 11.8 Å². The predicted octanol–water partition coefficient (Wildman–Crippen LogP) is 0.567. The van der Waals surface area contributed by atoms with Crippen LogP contribution in [0.15, 0.2) is 10.3 Å². The molecule has 8 nitrogen and oxygen atoms in total. The summed E-state index contributed by atoms with van der Waals surface area (Å²) in [4.78, 5) is 14.8. The van der Waals surface area contributed by atoms with Crippen LogP contribution in [0.3, 0.4) is 0 Å². The molecule has 0 fully saturated rings. The van der Waals surface area contributed by atoms with E-state index in [-0.39, 0.29) is 0 Å². The molecule has 2 heterocycles. The molecule has 2 rings (SSSR count). The number of nitrogens with one attached hydrogen (secondary N) is 1. The third kappa shape index (κ3) is 2.92. The maximum atomic E-state index is 4.37. The Bertz CT molecular complexity index is 579. The van der Waals surface area contributed by atoms with Crippen molar-refractivity contribution < 1.29 is 0 Å². The first kappa shape index (κ1) is 13.5. The molecule has 0 atom stereocenters. The van der Waals surface area contributed by atoms with Crippen molar-refractivity contribution in [3.8, 4) is 0 Å². The lowest BCUT2D eigenvalue weighted by Gasteiger charge is -2.11. The fraction of sp³-hybridized carbons (Fsp3) is 0.500. The molecule has 0 aromatic carbocycles. The summed E-state index contributed by atoms with van der Waals surface area (Å²) >= 11 is 1.36. The summed E-state index contributed by atoms with van der Waals surface area (Å²) < 4.78 is 1.89. The van der Waals surface area contributed by atoms with Gasteiger partial charge in [-0.1, -0.05) is 0 Å². The summed E-state index contributed by atoms with van der Waals surface area (Å²) in [6.07, 6.45) is 0. The van der Waals surface area contributed by atoms with Crippen LogP contribution in [0.25, 0.3) is 0 Å². The molecule has 0 aliphatic heterocycles. The van der Waals surface area contributed by atoms with Crippen LogP contribution in [-0.2, 0) is 7.05 Å². The van der Waals surface area contributed by atoms with Gasteiger partial charge in [0, 0.05) is 28.2 Å². The van der Waals surface area contributed by atoms with Crippen LogP contribution in [0, 0.1) is 6.92 Å². The lowest BCUT2D eigenvalue weighted by molar-refractivity contribution is 0.760. The van der Waals surface area contributed by atoms with Gasteiger partial charge in [0.05, 0.1) is 0 Å². The Morgan fingerprint density at radius 1 is 1.16 bits per heavy atom. The average Bonchev–Trinajstić information content (AvgIpc) is 2.70. The zero-order chi connectivity index (χ0) is 14.0. The number of rotatable bonds is 4. The van der Waals surface area contributed by atoms with Crippen LogP contribution in [0.1, 0.15) is 5.82 Å². The summed E-state index contributed by atoms with van der Waals surface area (Å²) in [5.74, 6) is 1.97. The minimum Gasteiger partial charge on any atom is -0.357 e. The van der Waals surface area contributed by atoms with Crippen molar-refractivity contribution in [2.45, 2.75) is 17.2 Å². The highest BCUT2D eigenvalue weighted by molar-refractivity contribution is 7.99. The maximum Gasteiger partial charge on any atom is 0.230 e. The van der Waals surface area contributed by atoms with Gasteiger partial charge in [0.1, 0.15) is 5.82 Å². The van der Waals surface area contributed by atoms with E-state index in [1.807, 2.05) is 37.5 Å². The Hall–Kier alpha value is -1.90. The van der Waals surface area contributed by atoms with Crippen LogP contribution in [0.5, 0.6) is 0 Å². The number of aryl methyl sites for hydroxylation is 1. The Labute approximate surface area is 115 Å². The molecular weight excluding hydrogens is 264 g/mol. The number of hydrogen-bond acceptors (Lipinski definition) is 8. The Balaban J connectivity index is 2.34. The van der Waals surface area contributed by atoms with Gasteiger partial charge in [-0.2, -0.15) is 15.0 Å². The van der Waals surface area contributed by atoms with Crippen molar-refractivity contribution in [1.29, 1.82) is 0 Å². The monoisotopic (exact) mass is 280 g/mol. The smallest absolute Gasteiger partial charge is 0.230 e. The summed E-state index contributed by atoms with van der Waals surface area (Å²) in [6.45, 7) is 1.90. The first-order valence-electron chi connectivity index (χ1n) is 5.66. The van der Waals surface area contributed by atoms with Gasteiger partial charge < -0.3 is 14.8 Å². The Kier molecular flexibility index (Phi) is 3.84. The molecule has 0 amide bonds. The molecule has 0 saturated carbocycles. The second-order valence-electron chi connectivity index (χ2n) is 4.08. The average molecular weight is 280 g/mol.